The Balaban J connectivity index is 1.76. The molecule has 114 valence electrons. The number of nitrogens with zero attached hydrogens (tertiary/aromatic N) is 1. The fourth-order valence-electron chi connectivity index (χ4n) is 5.79. The van der Waals surface area contributed by atoms with Gasteiger partial charge < -0.3 is 9.63 Å². The van der Waals surface area contributed by atoms with Crippen LogP contribution in [0.5, 0.6) is 0 Å². The number of aromatic nitrogens is 1. The molecule has 0 aliphatic heterocycles. The van der Waals surface area contributed by atoms with Crippen molar-refractivity contribution in [3.63, 3.8) is 0 Å². The largest absolute Gasteiger partial charge is 0.481 e. The maximum absolute atomic E-state index is 12.3. The van der Waals surface area contributed by atoms with Crippen molar-refractivity contribution in [2.24, 2.45) is 29.1 Å². The highest BCUT2D eigenvalue weighted by Gasteiger charge is 2.61. The smallest absolute Gasteiger partial charge is 0.310 e. The fourth-order valence-corrected chi connectivity index (χ4v) is 5.79. The Labute approximate surface area is 124 Å². The SMILES string of the molecule is Cc1noc(C)c1CC1(C(=O)O)C2CC3CC(C2)CC1C3. The van der Waals surface area contributed by atoms with Gasteiger partial charge in [0.2, 0.25) is 0 Å². The summed E-state index contributed by atoms with van der Waals surface area (Å²) in [5, 5.41) is 14.1. The standard InChI is InChI=1S/C17H23NO3/c1-9-15(10(2)21-18-9)8-17(16(19)20)13-4-11-3-12(6-13)7-14(17)5-11/h11-14H,3-8H2,1-2H3,(H,19,20). The zero-order valence-corrected chi connectivity index (χ0v) is 12.8. The van der Waals surface area contributed by atoms with Crippen molar-refractivity contribution in [1.82, 2.24) is 5.16 Å². The summed E-state index contributed by atoms with van der Waals surface area (Å²) in [5.41, 5.74) is 1.32. The summed E-state index contributed by atoms with van der Waals surface area (Å²) in [6.45, 7) is 3.83. The third-order valence-electron chi connectivity index (χ3n) is 6.64. The lowest BCUT2D eigenvalue weighted by molar-refractivity contribution is -0.177. The van der Waals surface area contributed by atoms with E-state index in [1.165, 1.54) is 6.42 Å². The van der Waals surface area contributed by atoms with E-state index < -0.39 is 11.4 Å². The van der Waals surface area contributed by atoms with Crippen molar-refractivity contribution >= 4 is 5.97 Å². The molecule has 5 rings (SSSR count). The third-order valence-corrected chi connectivity index (χ3v) is 6.64. The molecule has 4 nitrogen and oxygen atoms in total. The van der Waals surface area contributed by atoms with Gasteiger partial charge in [0, 0.05) is 5.56 Å². The quantitative estimate of drug-likeness (QED) is 0.926. The average Bonchev–Trinajstić information content (AvgIpc) is 2.73. The Hall–Kier alpha value is -1.32. The molecule has 0 amide bonds. The molecule has 0 radical (unpaired) electrons. The van der Waals surface area contributed by atoms with Gasteiger partial charge in [-0.15, -0.1) is 0 Å². The van der Waals surface area contributed by atoms with E-state index in [2.05, 4.69) is 5.16 Å². The lowest BCUT2D eigenvalue weighted by Crippen LogP contribution is -2.57. The molecule has 1 aromatic rings. The Morgan fingerprint density at radius 3 is 2.19 bits per heavy atom. The minimum Gasteiger partial charge on any atom is -0.481 e. The molecule has 0 saturated heterocycles. The molecular weight excluding hydrogens is 266 g/mol. The van der Waals surface area contributed by atoms with Crippen molar-refractivity contribution < 1.29 is 14.4 Å². The van der Waals surface area contributed by atoms with E-state index in [0.29, 0.717) is 18.3 Å². The minimum atomic E-state index is -0.587. The second-order valence-corrected chi connectivity index (χ2v) is 7.63. The van der Waals surface area contributed by atoms with Gasteiger partial charge in [-0.2, -0.15) is 0 Å². The van der Waals surface area contributed by atoms with Crippen LogP contribution in [-0.4, -0.2) is 16.2 Å². The second-order valence-electron chi connectivity index (χ2n) is 7.63. The third kappa shape index (κ3) is 1.74. The number of aryl methyl sites for hydroxylation is 2. The highest BCUT2D eigenvalue weighted by Crippen LogP contribution is 2.63. The molecule has 0 unspecified atom stereocenters. The van der Waals surface area contributed by atoms with Gasteiger partial charge in [0.1, 0.15) is 5.76 Å². The van der Waals surface area contributed by atoms with E-state index in [0.717, 1.165) is 54.5 Å². The molecule has 4 fully saturated rings. The molecule has 1 heterocycles. The molecule has 4 saturated carbocycles. The van der Waals surface area contributed by atoms with Crippen LogP contribution in [0, 0.1) is 42.9 Å². The average molecular weight is 289 g/mol. The zero-order valence-electron chi connectivity index (χ0n) is 12.8. The number of carbonyl (C=O) groups is 1. The highest BCUT2D eigenvalue weighted by molar-refractivity contribution is 5.76. The Kier molecular flexibility index (Phi) is 2.76. The van der Waals surface area contributed by atoms with E-state index >= 15 is 0 Å². The van der Waals surface area contributed by atoms with Gasteiger partial charge in [-0.05, 0) is 76.0 Å². The van der Waals surface area contributed by atoms with Crippen LogP contribution >= 0.6 is 0 Å². The van der Waals surface area contributed by atoms with Crippen LogP contribution < -0.4 is 0 Å². The van der Waals surface area contributed by atoms with Crippen LogP contribution in [0.25, 0.3) is 0 Å². The van der Waals surface area contributed by atoms with Gasteiger partial charge >= 0.3 is 5.97 Å². The second kappa shape index (κ2) is 4.34. The van der Waals surface area contributed by atoms with Gasteiger partial charge in [0.05, 0.1) is 11.1 Å². The molecule has 1 aromatic heterocycles. The fraction of sp³-hybridized carbons (Fsp3) is 0.765. The first kappa shape index (κ1) is 13.4. The van der Waals surface area contributed by atoms with Gasteiger partial charge in [0.25, 0.3) is 0 Å². The van der Waals surface area contributed by atoms with Crippen molar-refractivity contribution in [2.75, 3.05) is 0 Å². The summed E-state index contributed by atoms with van der Waals surface area (Å²) in [4.78, 5) is 12.3. The van der Waals surface area contributed by atoms with Crippen LogP contribution in [0.2, 0.25) is 0 Å². The zero-order chi connectivity index (χ0) is 14.8. The summed E-state index contributed by atoms with van der Waals surface area (Å²) in [7, 11) is 0. The number of carboxylic acid groups (broad SMARTS) is 1. The van der Waals surface area contributed by atoms with Crippen molar-refractivity contribution in [3.05, 3.63) is 17.0 Å². The number of aliphatic carboxylic acids is 1. The summed E-state index contributed by atoms with van der Waals surface area (Å²) in [6, 6.07) is 0. The molecule has 4 aliphatic carbocycles. The van der Waals surface area contributed by atoms with Crippen molar-refractivity contribution in [1.29, 1.82) is 0 Å². The lowest BCUT2D eigenvalue weighted by atomic mass is 9.44. The number of hydrogen-bond donors (Lipinski definition) is 1. The van der Waals surface area contributed by atoms with Gasteiger partial charge in [-0.1, -0.05) is 5.16 Å². The van der Waals surface area contributed by atoms with E-state index in [1.54, 1.807) is 0 Å². The van der Waals surface area contributed by atoms with E-state index in [9.17, 15) is 9.90 Å². The van der Waals surface area contributed by atoms with E-state index in [4.69, 9.17) is 4.52 Å². The van der Waals surface area contributed by atoms with Crippen molar-refractivity contribution in [2.45, 2.75) is 52.4 Å². The molecule has 4 heteroatoms. The lowest BCUT2D eigenvalue weighted by Gasteiger charge is -2.59. The summed E-state index contributed by atoms with van der Waals surface area (Å²) >= 11 is 0. The first-order valence-corrected chi connectivity index (χ1v) is 8.15. The molecule has 1 N–H and O–H groups in total. The molecular formula is C17H23NO3. The maximum atomic E-state index is 12.3. The van der Waals surface area contributed by atoms with Crippen LogP contribution in [0.3, 0.4) is 0 Å². The number of hydrogen-bond acceptors (Lipinski definition) is 3. The topological polar surface area (TPSA) is 63.3 Å². The molecule has 0 aromatic carbocycles. The van der Waals surface area contributed by atoms with Crippen LogP contribution in [0.4, 0.5) is 0 Å². The number of carboxylic acids is 1. The van der Waals surface area contributed by atoms with Crippen molar-refractivity contribution in [3.8, 4) is 0 Å². The predicted molar refractivity (Wildman–Crippen MR) is 76.8 cm³/mol. The molecule has 4 bridgehead atoms. The summed E-state index contributed by atoms with van der Waals surface area (Å²) in [6.07, 6.45) is 6.41. The van der Waals surface area contributed by atoms with Gasteiger partial charge in [0.15, 0.2) is 0 Å². The molecule has 0 atom stereocenters. The van der Waals surface area contributed by atoms with E-state index in [-0.39, 0.29) is 0 Å². The van der Waals surface area contributed by atoms with Crippen LogP contribution in [0.1, 0.15) is 49.1 Å². The Morgan fingerprint density at radius 2 is 1.76 bits per heavy atom. The van der Waals surface area contributed by atoms with Gasteiger partial charge in [-0.3, -0.25) is 4.79 Å². The van der Waals surface area contributed by atoms with Gasteiger partial charge in [-0.25, -0.2) is 0 Å². The minimum absolute atomic E-state index is 0.347. The molecule has 4 aliphatic rings. The Bertz CT molecular complexity index is 541. The summed E-state index contributed by atoms with van der Waals surface area (Å²) in [5.74, 6) is 2.47. The van der Waals surface area contributed by atoms with Crippen LogP contribution in [-0.2, 0) is 11.2 Å². The molecule has 21 heavy (non-hydrogen) atoms. The predicted octanol–water partition coefficient (Wildman–Crippen LogP) is 3.36. The first-order valence-electron chi connectivity index (χ1n) is 8.15. The Morgan fingerprint density at radius 1 is 1.19 bits per heavy atom. The first-order chi connectivity index (χ1) is 10.0. The van der Waals surface area contributed by atoms with E-state index in [1.807, 2.05) is 13.8 Å². The summed E-state index contributed by atoms with van der Waals surface area (Å²) < 4.78 is 5.27. The normalized spacial score (nSPS) is 40.7. The van der Waals surface area contributed by atoms with Crippen LogP contribution in [0.15, 0.2) is 4.52 Å². The highest BCUT2D eigenvalue weighted by atomic mass is 16.5. The monoisotopic (exact) mass is 289 g/mol. The molecule has 0 spiro atoms. The maximum Gasteiger partial charge on any atom is 0.310 e. The number of rotatable bonds is 3.